The smallest absolute Gasteiger partial charge is 0.0648 e. The molecule has 27 heavy (non-hydrogen) atoms. The summed E-state index contributed by atoms with van der Waals surface area (Å²) in [5.74, 6) is 5.16. The molecule has 0 aromatic heterocycles. The molecule has 0 amide bonds. The fourth-order valence-electron chi connectivity index (χ4n) is 5.61. The lowest BCUT2D eigenvalue weighted by molar-refractivity contribution is -0.0705. The molecule has 2 saturated carbocycles. The van der Waals surface area contributed by atoms with Crippen molar-refractivity contribution in [3.63, 3.8) is 0 Å². The van der Waals surface area contributed by atoms with Gasteiger partial charge in [-0.25, -0.2) is 0 Å². The Balaban J connectivity index is 1.38. The van der Waals surface area contributed by atoms with Gasteiger partial charge in [-0.3, -0.25) is 0 Å². The number of fused-ring (bicyclic) bond motifs is 2. The van der Waals surface area contributed by atoms with E-state index in [9.17, 15) is 0 Å². The molecule has 0 saturated heterocycles. The average molecular weight is 375 g/mol. The number of allylic oxidation sites excluding steroid dienone is 3. The lowest BCUT2D eigenvalue weighted by Crippen LogP contribution is -2.31. The normalized spacial score (nSPS) is 36.7. The molecule has 154 valence electrons. The number of ether oxygens (including phenoxy) is 2. The van der Waals surface area contributed by atoms with Crippen molar-refractivity contribution in [3.8, 4) is 0 Å². The number of hydrogen-bond donors (Lipinski definition) is 0. The summed E-state index contributed by atoms with van der Waals surface area (Å²) in [5, 5.41) is 0. The van der Waals surface area contributed by atoms with E-state index in [1.54, 1.807) is 0 Å². The van der Waals surface area contributed by atoms with Crippen LogP contribution in [0, 0.1) is 41.4 Å². The summed E-state index contributed by atoms with van der Waals surface area (Å²) in [7, 11) is 0. The molecule has 7 atom stereocenters. The molecule has 0 aromatic carbocycles. The molecular formula is C25H42O2. The van der Waals surface area contributed by atoms with Crippen molar-refractivity contribution in [1.82, 2.24) is 0 Å². The molecule has 2 nitrogen and oxygen atoms in total. The van der Waals surface area contributed by atoms with Crippen LogP contribution < -0.4 is 0 Å². The van der Waals surface area contributed by atoms with Crippen molar-refractivity contribution in [3.05, 3.63) is 24.8 Å². The Morgan fingerprint density at radius 2 is 1.89 bits per heavy atom. The van der Waals surface area contributed by atoms with Crippen LogP contribution in [-0.4, -0.2) is 24.9 Å². The van der Waals surface area contributed by atoms with Gasteiger partial charge in [-0.2, -0.15) is 0 Å². The van der Waals surface area contributed by atoms with Gasteiger partial charge in [0, 0.05) is 6.61 Å². The Bertz CT molecular complexity index is 520. The maximum absolute atomic E-state index is 6.33. The van der Waals surface area contributed by atoms with Crippen LogP contribution >= 0.6 is 0 Å². The molecule has 0 heterocycles. The first-order valence-electron chi connectivity index (χ1n) is 11.4. The third kappa shape index (κ3) is 5.26. The van der Waals surface area contributed by atoms with Crippen molar-refractivity contribution in [2.75, 3.05) is 13.2 Å². The largest absolute Gasteiger partial charge is 0.378 e. The SMILES string of the molecule is C=CC1CC(C(C)C)CC1C(C)OCCC(C)(C)OCC1CC2C=CC1C2. The molecular weight excluding hydrogens is 332 g/mol. The lowest BCUT2D eigenvalue weighted by atomic mass is 9.91. The van der Waals surface area contributed by atoms with Crippen LogP contribution in [0.3, 0.4) is 0 Å². The third-order valence-corrected chi connectivity index (χ3v) is 7.74. The van der Waals surface area contributed by atoms with Gasteiger partial charge in [-0.1, -0.05) is 32.1 Å². The van der Waals surface area contributed by atoms with E-state index in [1.807, 2.05) is 0 Å². The fourth-order valence-corrected chi connectivity index (χ4v) is 5.61. The van der Waals surface area contributed by atoms with Gasteiger partial charge in [0.05, 0.1) is 18.3 Å². The summed E-state index contributed by atoms with van der Waals surface area (Å²) in [5.41, 5.74) is -0.0980. The third-order valence-electron chi connectivity index (χ3n) is 7.74. The highest BCUT2D eigenvalue weighted by Gasteiger charge is 2.38. The maximum atomic E-state index is 6.33. The van der Waals surface area contributed by atoms with Crippen LogP contribution in [0.2, 0.25) is 0 Å². The minimum absolute atomic E-state index is 0.0980. The molecule has 2 bridgehead atoms. The lowest BCUT2D eigenvalue weighted by Gasteiger charge is -2.30. The zero-order valence-corrected chi connectivity index (χ0v) is 18.3. The topological polar surface area (TPSA) is 18.5 Å². The molecule has 0 aromatic rings. The Hall–Kier alpha value is -0.600. The summed E-state index contributed by atoms with van der Waals surface area (Å²) in [6.45, 7) is 17.2. The second kappa shape index (κ2) is 8.82. The predicted molar refractivity (Wildman–Crippen MR) is 114 cm³/mol. The highest BCUT2D eigenvalue weighted by atomic mass is 16.5. The Morgan fingerprint density at radius 1 is 1.11 bits per heavy atom. The minimum Gasteiger partial charge on any atom is -0.378 e. The van der Waals surface area contributed by atoms with Crippen molar-refractivity contribution >= 4 is 0 Å². The highest BCUT2D eigenvalue weighted by Crippen LogP contribution is 2.44. The minimum atomic E-state index is -0.0980. The summed E-state index contributed by atoms with van der Waals surface area (Å²) >= 11 is 0. The predicted octanol–water partition coefficient (Wildman–Crippen LogP) is 6.27. The molecule has 7 unspecified atom stereocenters. The van der Waals surface area contributed by atoms with Crippen molar-refractivity contribution < 1.29 is 9.47 Å². The van der Waals surface area contributed by atoms with E-state index in [0.29, 0.717) is 17.9 Å². The first kappa shape index (κ1) is 21.1. The first-order valence-corrected chi connectivity index (χ1v) is 11.4. The van der Waals surface area contributed by atoms with Crippen LogP contribution in [0.1, 0.15) is 66.7 Å². The summed E-state index contributed by atoms with van der Waals surface area (Å²) in [6.07, 6.45) is 13.5. The molecule has 2 fully saturated rings. The molecule has 0 radical (unpaired) electrons. The van der Waals surface area contributed by atoms with E-state index < -0.39 is 0 Å². The van der Waals surface area contributed by atoms with Gasteiger partial charge >= 0.3 is 0 Å². The van der Waals surface area contributed by atoms with Gasteiger partial charge in [0.2, 0.25) is 0 Å². The monoisotopic (exact) mass is 374 g/mol. The standard InChI is InChI=1S/C25H42O2/c1-7-20-14-22(17(2)3)15-24(20)18(4)26-11-10-25(5,6)27-16-23-13-19-8-9-21(23)12-19/h7-9,17-24H,1,10-16H2,2-6H3. The molecule has 2 heteroatoms. The van der Waals surface area contributed by atoms with E-state index in [1.165, 1.54) is 25.7 Å². The van der Waals surface area contributed by atoms with Gasteiger partial charge in [0.25, 0.3) is 0 Å². The van der Waals surface area contributed by atoms with Crippen molar-refractivity contribution in [2.45, 2.75) is 78.4 Å². The fraction of sp³-hybridized carbons (Fsp3) is 0.840. The molecule has 0 spiro atoms. The van der Waals surface area contributed by atoms with Gasteiger partial charge in [-0.15, -0.1) is 6.58 Å². The summed E-state index contributed by atoms with van der Waals surface area (Å²) in [6, 6.07) is 0. The summed E-state index contributed by atoms with van der Waals surface area (Å²) < 4.78 is 12.6. The molecule has 3 aliphatic carbocycles. The Morgan fingerprint density at radius 3 is 2.48 bits per heavy atom. The summed E-state index contributed by atoms with van der Waals surface area (Å²) in [4.78, 5) is 0. The van der Waals surface area contributed by atoms with E-state index in [4.69, 9.17) is 9.47 Å². The average Bonchev–Trinajstić information content (AvgIpc) is 3.34. The van der Waals surface area contributed by atoms with Crippen LogP contribution in [0.25, 0.3) is 0 Å². The van der Waals surface area contributed by atoms with Crippen molar-refractivity contribution in [1.29, 1.82) is 0 Å². The van der Waals surface area contributed by atoms with Gasteiger partial charge < -0.3 is 9.47 Å². The van der Waals surface area contributed by atoms with Crippen molar-refractivity contribution in [2.24, 2.45) is 41.4 Å². The van der Waals surface area contributed by atoms with E-state index in [-0.39, 0.29) is 5.60 Å². The molecule has 3 aliphatic rings. The Kier molecular flexibility index (Phi) is 6.90. The highest BCUT2D eigenvalue weighted by molar-refractivity contribution is 5.10. The van der Waals surface area contributed by atoms with Gasteiger partial charge in [-0.05, 0) is 94.3 Å². The zero-order chi connectivity index (χ0) is 19.6. The second-order valence-corrected chi connectivity index (χ2v) is 10.5. The molecule has 0 N–H and O–H groups in total. The van der Waals surface area contributed by atoms with Crippen LogP contribution in [0.5, 0.6) is 0 Å². The Labute approximate surface area is 167 Å². The molecule has 0 aliphatic heterocycles. The van der Waals surface area contributed by atoms with Crippen LogP contribution in [-0.2, 0) is 9.47 Å². The first-order chi connectivity index (χ1) is 12.8. The van der Waals surface area contributed by atoms with Gasteiger partial charge in [0.15, 0.2) is 0 Å². The van der Waals surface area contributed by atoms with Gasteiger partial charge in [0.1, 0.15) is 0 Å². The maximum Gasteiger partial charge on any atom is 0.0648 e. The van der Waals surface area contributed by atoms with Crippen LogP contribution in [0.15, 0.2) is 24.8 Å². The number of rotatable bonds is 10. The van der Waals surface area contributed by atoms with E-state index in [2.05, 4.69) is 59.4 Å². The quantitative estimate of drug-likeness (QED) is 0.419. The van der Waals surface area contributed by atoms with E-state index in [0.717, 1.165) is 49.2 Å². The molecule has 3 rings (SSSR count). The van der Waals surface area contributed by atoms with Crippen LogP contribution in [0.4, 0.5) is 0 Å². The number of hydrogen-bond acceptors (Lipinski definition) is 2. The second-order valence-electron chi connectivity index (χ2n) is 10.5. The van der Waals surface area contributed by atoms with E-state index >= 15 is 0 Å². The zero-order valence-electron chi connectivity index (χ0n) is 18.3.